The summed E-state index contributed by atoms with van der Waals surface area (Å²) in [7, 11) is 0. The van der Waals surface area contributed by atoms with Crippen molar-refractivity contribution in [3.8, 4) is 0 Å². The van der Waals surface area contributed by atoms with Gasteiger partial charge in [0.2, 0.25) is 0 Å². The molecule has 0 radical (unpaired) electrons. The lowest BCUT2D eigenvalue weighted by Crippen LogP contribution is -2.45. The number of unbranched alkanes of at least 4 members (excludes halogenated alkanes) is 4. The van der Waals surface area contributed by atoms with Gasteiger partial charge in [-0.1, -0.05) is 46.0 Å². The zero-order chi connectivity index (χ0) is 14.1. The Morgan fingerprint density at radius 2 is 1.79 bits per heavy atom. The normalized spacial score (nSPS) is 29.4. The Balaban J connectivity index is 2.07. The molecule has 1 aliphatic rings. The third-order valence-electron chi connectivity index (χ3n) is 4.73. The van der Waals surface area contributed by atoms with Crippen LogP contribution in [-0.2, 0) is 0 Å². The third kappa shape index (κ3) is 7.31. The quantitative estimate of drug-likeness (QED) is 0.613. The molecule has 0 saturated heterocycles. The molecule has 0 bridgehead atoms. The second-order valence-corrected chi connectivity index (χ2v) is 6.89. The smallest absolute Gasteiger partial charge is 0.0771 e. The van der Waals surface area contributed by atoms with E-state index >= 15 is 0 Å². The molecule has 1 unspecified atom stereocenters. The Bertz CT molecular complexity index is 221. The minimum absolute atomic E-state index is 0.428. The van der Waals surface area contributed by atoms with E-state index in [0.29, 0.717) is 6.04 Å². The van der Waals surface area contributed by atoms with E-state index in [1.165, 1.54) is 51.4 Å². The summed E-state index contributed by atoms with van der Waals surface area (Å²) in [5, 5.41) is 14.1. The summed E-state index contributed by atoms with van der Waals surface area (Å²) < 4.78 is 0. The molecule has 0 aliphatic heterocycles. The molecule has 2 nitrogen and oxygen atoms in total. The van der Waals surface area contributed by atoms with E-state index in [-0.39, 0.29) is 0 Å². The average Bonchev–Trinajstić information content (AvgIpc) is 2.40. The second kappa shape index (κ2) is 8.97. The molecule has 2 N–H and O–H groups in total. The van der Waals surface area contributed by atoms with E-state index in [1.807, 2.05) is 0 Å². The first-order chi connectivity index (χ1) is 9.06. The van der Waals surface area contributed by atoms with Gasteiger partial charge in [0, 0.05) is 12.6 Å². The topological polar surface area (TPSA) is 32.3 Å². The molecule has 0 amide bonds. The van der Waals surface area contributed by atoms with E-state index in [0.717, 1.165) is 25.3 Å². The minimum atomic E-state index is -0.428. The highest BCUT2D eigenvalue weighted by molar-refractivity contribution is 4.87. The van der Waals surface area contributed by atoms with Gasteiger partial charge in [0.1, 0.15) is 0 Å². The summed E-state index contributed by atoms with van der Waals surface area (Å²) in [6.45, 7) is 7.60. The van der Waals surface area contributed by atoms with Crippen LogP contribution in [0.1, 0.15) is 85.0 Å². The maximum absolute atomic E-state index is 10.5. The van der Waals surface area contributed by atoms with Crippen molar-refractivity contribution in [3.63, 3.8) is 0 Å². The standard InChI is InChI=1S/C17H35NO/c1-4-5-6-7-8-9-16(3)18-14-17(19)12-10-15(2)11-13-17/h15-16,18-19H,4-14H2,1-3H3. The van der Waals surface area contributed by atoms with Gasteiger partial charge in [-0.15, -0.1) is 0 Å². The van der Waals surface area contributed by atoms with Crippen molar-refractivity contribution in [1.82, 2.24) is 5.32 Å². The van der Waals surface area contributed by atoms with Crippen molar-refractivity contribution >= 4 is 0 Å². The molecule has 0 aromatic carbocycles. The highest BCUT2D eigenvalue weighted by Gasteiger charge is 2.31. The molecule has 0 spiro atoms. The van der Waals surface area contributed by atoms with Crippen LogP contribution in [-0.4, -0.2) is 23.3 Å². The lowest BCUT2D eigenvalue weighted by atomic mass is 9.79. The van der Waals surface area contributed by atoms with Gasteiger partial charge in [-0.3, -0.25) is 0 Å². The monoisotopic (exact) mass is 269 g/mol. The minimum Gasteiger partial charge on any atom is -0.389 e. The average molecular weight is 269 g/mol. The molecule has 1 fully saturated rings. The van der Waals surface area contributed by atoms with E-state index in [2.05, 4.69) is 26.1 Å². The first-order valence-corrected chi connectivity index (χ1v) is 8.51. The molecule has 0 heterocycles. The predicted octanol–water partition coefficient (Wildman–Crippen LogP) is 4.27. The maximum Gasteiger partial charge on any atom is 0.0771 e. The van der Waals surface area contributed by atoms with Gasteiger partial charge in [0.15, 0.2) is 0 Å². The van der Waals surface area contributed by atoms with Crippen LogP contribution in [0.4, 0.5) is 0 Å². The molecule has 114 valence electrons. The molecular weight excluding hydrogens is 234 g/mol. The molecule has 1 saturated carbocycles. The molecule has 1 rings (SSSR count). The Morgan fingerprint density at radius 1 is 1.16 bits per heavy atom. The zero-order valence-electron chi connectivity index (χ0n) is 13.4. The van der Waals surface area contributed by atoms with Crippen LogP contribution in [0.2, 0.25) is 0 Å². The molecule has 19 heavy (non-hydrogen) atoms. The number of nitrogens with one attached hydrogen (secondary N) is 1. The fourth-order valence-electron chi connectivity index (χ4n) is 3.00. The van der Waals surface area contributed by atoms with Gasteiger partial charge in [-0.25, -0.2) is 0 Å². The number of hydrogen-bond donors (Lipinski definition) is 2. The van der Waals surface area contributed by atoms with Gasteiger partial charge in [-0.05, 0) is 44.9 Å². The van der Waals surface area contributed by atoms with Crippen molar-refractivity contribution in [2.45, 2.75) is 96.6 Å². The van der Waals surface area contributed by atoms with Crippen LogP contribution in [0.15, 0.2) is 0 Å². The first kappa shape index (κ1) is 17.0. The summed E-state index contributed by atoms with van der Waals surface area (Å²) in [6, 6.07) is 0.546. The Hall–Kier alpha value is -0.0800. The van der Waals surface area contributed by atoms with E-state index in [4.69, 9.17) is 0 Å². The summed E-state index contributed by atoms with van der Waals surface area (Å²) in [5.74, 6) is 0.802. The summed E-state index contributed by atoms with van der Waals surface area (Å²) in [5.41, 5.74) is -0.428. The van der Waals surface area contributed by atoms with Crippen LogP contribution >= 0.6 is 0 Å². The fraction of sp³-hybridized carbons (Fsp3) is 1.00. The third-order valence-corrected chi connectivity index (χ3v) is 4.73. The van der Waals surface area contributed by atoms with Gasteiger partial charge in [0.25, 0.3) is 0 Å². The van der Waals surface area contributed by atoms with Crippen molar-refractivity contribution in [2.24, 2.45) is 5.92 Å². The Labute approximate surface area is 120 Å². The lowest BCUT2D eigenvalue weighted by Gasteiger charge is -2.36. The van der Waals surface area contributed by atoms with Crippen molar-refractivity contribution in [2.75, 3.05) is 6.54 Å². The van der Waals surface area contributed by atoms with E-state index in [9.17, 15) is 5.11 Å². The van der Waals surface area contributed by atoms with E-state index < -0.39 is 5.60 Å². The zero-order valence-corrected chi connectivity index (χ0v) is 13.4. The predicted molar refractivity (Wildman–Crippen MR) is 83.4 cm³/mol. The summed E-state index contributed by atoms with van der Waals surface area (Å²) in [6.07, 6.45) is 12.3. The van der Waals surface area contributed by atoms with Crippen LogP contribution < -0.4 is 5.32 Å². The molecular formula is C17H35NO. The Kier molecular flexibility index (Phi) is 8.01. The van der Waals surface area contributed by atoms with Crippen LogP contribution in [0.5, 0.6) is 0 Å². The molecule has 0 aromatic heterocycles. The van der Waals surface area contributed by atoms with Crippen molar-refractivity contribution in [1.29, 1.82) is 0 Å². The Morgan fingerprint density at radius 3 is 2.42 bits per heavy atom. The van der Waals surface area contributed by atoms with Crippen molar-refractivity contribution < 1.29 is 5.11 Å². The van der Waals surface area contributed by atoms with Gasteiger partial charge >= 0.3 is 0 Å². The van der Waals surface area contributed by atoms with Gasteiger partial charge in [0.05, 0.1) is 5.60 Å². The highest BCUT2D eigenvalue weighted by atomic mass is 16.3. The van der Waals surface area contributed by atoms with Crippen molar-refractivity contribution in [3.05, 3.63) is 0 Å². The lowest BCUT2D eigenvalue weighted by molar-refractivity contribution is -0.00799. The molecule has 1 aliphatic carbocycles. The first-order valence-electron chi connectivity index (χ1n) is 8.51. The second-order valence-electron chi connectivity index (χ2n) is 6.89. The number of hydrogen-bond acceptors (Lipinski definition) is 2. The summed E-state index contributed by atoms with van der Waals surface area (Å²) >= 11 is 0. The molecule has 1 atom stereocenters. The van der Waals surface area contributed by atoms with Gasteiger partial charge < -0.3 is 10.4 Å². The van der Waals surface area contributed by atoms with Crippen LogP contribution in [0.3, 0.4) is 0 Å². The molecule has 0 aromatic rings. The highest BCUT2D eigenvalue weighted by Crippen LogP contribution is 2.31. The number of aliphatic hydroxyl groups is 1. The largest absolute Gasteiger partial charge is 0.389 e. The molecule has 2 heteroatoms. The summed E-state index contributed by atoms with van der Waals surface area (Å²) in [4.78, 5) is 0. The van der Waals surface area contributed by atoms with Crippen LogP contribution in [0, 0.1) is 5.92 Å². The van der Waals surface area contributed by atoms with E-state index in [1.54, 1.807) is 0 Å². The van der Waals surface area contributed by atoms with Gasteiger partial charge in [-0.2, -0.15) is 0 Å². The SMILES string of the molecule is CCCCCCCC(C)NCC1(O)CCC(C)CC1. The maximum atomic E-state index is 10.5. The number of rotatable bonds is 9. The van der Waals surface area contributed by atoms with Crippen LogP contribution in [0.25, 0.3) is 0 Å². The fourth-order valence-corrected chi connectivity index (χ4v) is 3.00.